The summed E-state index contributed by atoms with van der Waals surface area (Å²) in [5.41, 5.74) is 7.42. The van der Waals surface area contributed by atoms with E-state index in [1.54, 1.807) is 0 Å². The lowest BCUT2D eigenvalue weighted by atomic mass is 9.82. The van der Waals surface area contributed by atoms with Crippen LogP contribution in [0.15, 0.2) is 42.5 Å². The van der Waals surface area contributed by atoms with Gasteiger partial charge in [-0.05, 0) is 55.2 Å². The van der Waals surface area contributed by atoms with E-state index in [0.717, 1.165) is 24.5 Å². The van der Waals surface area contributed by atoms with Crippen molar-refractivity contribution >= 4 is 11.8 Å². The number of fused-ring (bicyclic) bond motifs is 2. The SMILES string of the molecule is N[C@H](Cc1cc(F)c(F)cc1F)C1CC2CCC(C1)N2C(=O)CCC(=O)NCc1ccccc1. The van der Waals surface area contributed by atoms with Gasteiger partial charge in [-0.15, -0.1) is 0 Å². The van der Waals surface area contributed by atoms with Gasteiger partial charge in [-0.25, -0.2) is 13.2 Å². The first-order valence-electron chi connectivity index (χ1n) is 11.8. The Morgan fingerprint density at radius 1 is 0.971 bits per heavy atom. The summed E-state index contributed by atoms with van der Waals surface area (Å²) < 4.78 is 40.8. The van der Waals surface area contributed by atoms with E-state index in [-0.39, 0.29) is 54.6 Å². The van der Waals surface area contributed by atoms with Crippen molar-refractivity contribution in [2.75, 3.05) is 0 Å². The smallest absolute Gasteiger partial charge is 0.223 e. The van der Waals surface area contributed by atoms with Crippen molar-refractivity contribution < 1.29 is 22.8 Å². The van der Waals surface area contributed by atoms with Crippen LogP contribution in [0.1, 0.15) is 49.7 Å². The first kappa shape index (κ1) is 24.3. The fraction of sp³-hybridized carbons (Fsp3) is 0.462. The maximum absolute atomic E-state index is 14.0. The van der Waals surface area contributed by atoms with E-state index in [0.29, 0.717) is 25.5 Å². The number of rotatable bonds is 8. The minimum Gasteiger partial charge on any atom is -0.352 e. The molecule has 0 spiro atoms. The molecule has 4 rings (SSSR count). The Morgan fingerprint density at radius 2 is 1.62 bits per heavy atom. The second-order valence-corrected chi connectivity index (χ2v) is 9.41. The third-order valence-electron chi connectivity index (χ3n) is 7.11. The molecule has 2 bridgehead atoms. The summed E-state index contributed by atoms with van der Waals surface area (Å²) >= 11 is 0. The molecule has 2 heterocycles. The summed E-state index contributed by atoms with van der Waals surface area (Å²) in [6.07, 6.45) is 3.54. The second-order valence-electron chi connectivity index (χ2n) is 9.41. The number of carbonyl (C=O) groups excluding carboxylic acids is 2. The second kappa shape index (κ2) is 10.6. The van der Waals surface area contributed by atoms with E-state index in [1.165, 1.54) is 0 Å². The molecule has 2 fully saturated rings. The third kappa shape index (κ3) is 5.60. The molecule has 2 aliphatic rings. The number of nitrogens with one attached hydrogen (secondary N) is 1. The number of nitrogens with zero attached hydrogens (tertiary/aromatic N) is 1. The van der Waals surface area contributed by atoms with Crippen molar-refractivity contribution in [1.29, 1.82) is 0 Å². The van der Waals surface area contributed by atoms with Gasteiger partial charge in [-0.2, -0.15) is 0 Å². The monoisotopic (exact) mass is 473 g/mol. The van der Waals surface area contributed by atoms with Gasteiger partial charge in [0.15, 0.2) is 11.6 Å². The molecular weight excluding hydrogens is 443 g/mol. The number of benzene rings is 2. The maximum Gasteiger partial charge on any atom is 0.223 e. The lowest BCUT2D eigenvalue weighted by Gasteiger charge is -2.41. The van der Waals surface area contributed by atoms with Crippen LogP contribution in [0.4, 0.5) is 13.2 Å². The molecule has 182 valence electrons. The molecule has 2 saturated heterocycles. The summed E-state index contributed by atoms with van der Waals surface area (Å²) in [4.78, 5) is 27.0. The molecule has 3 N–H and O–H groups in total. The Labute approximate surface area is 197 Å². The fourth-order valence-corrected chi connectivity index (χ4v) is 5.35. The third-order valence-corrected chi connectivity index (χ3v) is 7.11. The van der Waals surface area contributed by atoms with Crippen LogP contribution in [0.25, 0.3) is 0 Å². The average molecular weight is 474 g/mol. The van der Waals surface area contributed by atoms with E-state index < -0.39 is 23.5 Å². The summed E-state index contributed by atoms with van der Waals surface area (Å²) in [6, 6.07) is 10.7. The Hall–Kier alpha value is -2.87. The van der Waals surface area contributed by atoms with Crippen LogP contribution in [0, 0.1) is 23.4 Å². The predicted octanol–water partition coefficient (Wildman–Crippen LogP) is 3.84. The highest BCUT2D eigenvalue weighted by atomic mass is 19.2. The summed E-state index contributed by atoms with van der Waals surface area (Å²) in [5.74, 6) is -3.22. The van der Waals surface area contributed by atoms with E-state index in [4.69, 9.17) is 5.73 Å². The molecule has 0 aliphatic carbocycles. The van der Waals surface area contributed by atoms with Crippen LogP contribution in [0.3, 0.4) is 0 Å². The first-order valence-corrected chi connectivity index (χ1v) is 11.8. The van der Waals surface area contributed by atoms with Gasteiger partial charge in [-0.3, -0.25) is 9.59 Å². The maximum atomic E-state index is 14.0. The molecule has 2 aromatic carbocycles. The predicted molar refractivity (Wildman–Crippen MR) is 122 cm³/mol. The first-order chi connectivity index (χ1) is 16.3. The van der Waals surface area contributed by atoms with Crippen LogP contribution in [-0.2, 0) is 22.6 Å². The zero-order valence-electron chi connectivity index (χ0n) is 19.0. The van der Waals surface area contributed by atoms with Crippen molar-refractivity contribution in [2.45, 2.75) is 69.6 Å². The van der Waals surface area contributed by atoms with Crippen molar-refractivity contribution in [1.82, 2.24) is 10.2 Å². The Balaban J connectivity index is 1.27. The number of nitrogens with two attached hydrogens (primary N) is 1. The summed E-state index contributed by atoms with van der Waals surface area (Å²) in [6.45, 7) is 0.431. The van der Waals surface area contributed by atoms with Crippen molar-refractivity contribution in [2.24, 2.45) is 11.7 Å². The molecule has 8 heteroatoms. The quantitative estimate of drug-likeness (QED) is 0.572. The van der Waals surface area contributed by atoms with Gasteiger partial charge in [0, 0.05) is 43.6 Å². The van der Waals surface area contributed by atoms with Crippen molar-refractivity contribution in [3.8, 4) is 0 Å². The van der Waals surface area contributed by atoms with E-state index in [9.17, 15) is 22.8 Å². The van der Waals surface area contributed by atoms with Crippen LogP contribution in [0.5, 0.6) is 0 Å². The largest absolute Gasteiger partial charge is 0.352 e. The fourth-order valence-electron chi connectivity index (χ4n) is 5.35. The lowest BCUT2D eigenvalue weighted by Crippen LogP contribution is -2.50. The molecule has 0 radical (unpaired) electrons. The number of amides is 2. The van der Waals surface area contributed by atoms with Crippen molar-refractivity contribution in [3.63, 3.8) is 0 Å². The van der Waals surface area contributed by atoms with E-state index in [2.05, 4.69) is 5.32 Å². The van der Waals surface area contributed by atoms with E-state index >= 15 is 0 Å². The van der Waals surface area contributed by atoms with E-state index in [1.807, 2.05) is 35.2 Å². The number of hydrogen-bond acceptors (Lipinski definition) is 3. The molecule has 34 heavy (non-hydrogen) atoms. The molecule has 2 aromatic rings. The standard InChI is InChI=1S/C26H30F3N3O2/c27-21-14-23(29)22(28)12-17(21)13-24(30)18-10-19-6-7-20(11-18)32(19)26(34)9-8-25(33)31-15-16-4-2-1-3-5-16/h1-5,12,14,18-20,24H,6-11,13,15,30H2,(H,31,33)/t18?,19?,20?,24-/m1/s1. The normalized spacial score (nSPS) is 22.5. The number of hydrogen-bond donors (Lipinski definition) is 2. The molecule has 2 unspecified atom stereocenters. The minimum atomic E-state index is -1.21. The molecule has 0 saturated carbocycles. The molecule has 5 nitrogen and oxygen atoms in total. The van der Waals surface area contributed by atoms with Crippen LogP contribution in [-0.4, -0.2) is 34.8 Å². The minimum absolute atomic E-state index is 0.0268. The van der Waals surface area contributed by atoms with Crippen molar-refractivity contribution in [3.05, 3.63) is 71.0 Å². The Kier molecular flexibility index (Phi) is 7.56. The molecular formula is C26H30F3N3O2. The lowest BCUT2D eigenvalue weighted by molar-refractivity contribution is -0.138. The highest BCUT2D eigenvalue weighted by molar-refractivity contribution is 5.84. The molecule has 0 aromatic heterocycles. The van der Waals surface area contributed by atoms with Gasteiger partial charge in [0.05, 0.1) is 0 Å². The molecule has 3 atom stereocenters. The Bertz CT molecular complexity index is 1020. The van der Waals surface area contributed by atoms with Gasteiger partial charge in [0.25, 0.3) is 0 Å². The average Bonchev–Trinajstić information content (AvgIpc) is 3.09. The van der Waals surface area contributed by atoms with Gasteiger partial charge in [0.1, 0.15) is 5.82 Å². The number of halogens is 3. The molecule has 2 aliphatic heterocycles. The van der Waals surface area contributed by atoms with Crippen LogP contribution < -0.4 is 11.1 Å². The topological polar surface area (TPSA) is 75.4 Å². The summed E-state index contributed by atoms with van der Waals surface area (Å²) in [7, 11) is 0. The summed E-state index contributed by atoms with van der Waals surface area (Å²) in [5, 5.41) is 2.85. The highest BCUT2D eigenvalue weighted by Gasteiger charge is 2.44. The number of carbonyl (C=O) groups is 2. The zero-order chi connectivity index (χ0) is 24.2. The van der Waals surface area contributed by atoms with Crippen LogP contribution >= 0.6 is 0 Å². The van der Waals surface area contributed by atoms with Crippen LogP contribution in [0.2, 0.25) is 0 Å². The van der Waals surface area contributed by atoms with Gasteiger partial charge < -0.3 is 16.0 Å². The van der Waals surface area contributed by atoms with Gasteiger partial charge >= 0.3 is 0 Å². The molecule has 2 amide bonds. The Morgan fingerprint density at radius 3 is 2.29 bits per heavy atom. The van der Waals surface area contributed by atoms with Gasteiger partial charge in [0.2, 0.25) is 11.8 Å². The highest BCUT2D eigenvalue weighted by Crippen LogP contribution is 2.40. The zero-order valence-corrected chi connectivity index (χ0v) is 19.0. The van der Waals surface area contributed by atoms with Gasteiger partial charge in [-0.1, -0.05) is 30.3 Å². The number of piperidine rings is 1.